The Morgan fingerprint density at radius 2 is 1.24 bits per heavy atom. The van der Waals surface area contributed by atoms with Gasteiger partial charge < -0.3 is 4.42 Å². The van der Waals surface area contributed by atoms with Crippen molar-refractivity contribution in [2.24, 2.45) is 0 Å². The lowest BCUT2D eigenvalue weighted by molar-refractivity contribution is 0.669. The minimum atomic E-state index is -0.433. The molecule has 1 spiro atoms. The molecule has 6 aromatic rings. The van der Waals surface area contributed by atoms with E-state index in [1.165, 1.54) is 86.7 Å². The van der Waals surface area contributed by atoms with Crippen LogP contribution in [0.4, 0.5) is 0 Å². The largest absolute Gasteiger partial charge is 0.455 e. The fraction of sp³-hybridized carbons (Fsp3) is 0.231. The summed E-state index contributed by atoms with van der Waals surface area (Å²) in [4.78, 5) is 0. The Hall–Kier alpha value is -3.81. The topological polar surface area (TPSA) is 13.1 Å². The van der Waals surface area contributed by atoms with Crippen LogP contribution in [0.15, 0.2) is 95.4 Å². The molecule has 0 unspecified atom stereocenters. The van der Waals surface area contributed by atoms with Gasteiger partial charge in [-0.1, -0.05) is 111 Å². The molecule has 2 aliphatic carbocycles. The number of unbranched alkanes of at least 4 members (excludes halogenated alkanes) is 2. The second kappa shape index (κ2) is 9.36. The third kappa shape index (κ3) is 3.42. The lowest BCUT2D eigenvalue weighted by Gasteiger charge is -2.31. The number of fused-ring (bicyclic) bond motifs is 14. The number of hydrogen-bond donors (Lipinski definition) is 0. The highest BCUT2D eigenvalue weighted by Crippen LogP contribution is 2.64. The van der Waals surface area contributed by atoms with E-state index in [1.807, 2.05) is 6.07 Å². The third-order valence-electron chi connectivity index (χ3n) is 9.51. The normalized spacial score (nSPS) is 14.0. The number of hydrogen-bond acceptors (Lipinski definition) is 1. The molecular weight excluding hydrogens is 520 g/mol. The molecule has 0 atom stereocenters. The van der Waals surface area contributed by atoms with Crippen molar-refractivity contribution in [3.05, 3.63) is 129 Å². The second-order valence-electron chi connectivity index (χ2n) is 11.9. The second-order valence-corrected chi connectivity index (χ2v) is 12.3. The van der Waals surface area contributed by atoms with Gasteiger partial charge in [0.2, 0.25) is 0 Å². The van der Waals surface area contributed by atoms with Gasteiger partial charge >= 0.3 is 0 Å². The zero-order chi connectivity index (χ0) is 27.7. The van der Waals surface area contributed by atoms with Crippen LogP contribution in [0.3, 0.4) is 0 Å². The van der Waals surface area contributed by atoms with Crippen LogP contribution < -0.4 is 0 Å². The molecule has 0 amide bonds. The maximum atomic E-state index is 6.84. The standard InChI is InChI=1S/C39H33ClO/c1-3-5-9-24-13-16-27-28-17-14-25(10-6-4-2)22-34(28)39(33(27)21-24)32-20-19-30-29-11-7-8-12-36(29)41-38(30)37(32)31-18-15-26(40)23-35(31)39/h7-8,11-23H,3-6,9-10H2,1-2H3. The molecule has 8 rings (SSSR count). The fourth-order valence-electron chi connectivity index (χ4n) is 7.63. The minimum Gasteiger partial charge on any atom is -0.455 e. The summed E-state index contributed by atoms with van der Waals surface area (Å²) in [5, 5.41) is 3.11. The van der Waals surface area contributed by atoms with E-state index in [4.69, 9.17) is 16.0 Å². The van der Waals surface area contributed by atoms with Gasteiger partial charge in [0, 0.05) is 21.4 Å². The summed E-state index contributed by atoms with van der Waals surface area (Å²) in [7, 11) is 0. The Bertz CT molecular complexity index is 1930. The number of furan rings is 1. The molecule has 2 heteroatoms. The number of aryl methyl sites for hydroxylation is 2. The highest BCUT2D eigenvalue weighted by atomic mass is 35.5. The molecule has 2 aliphatic rings. The first kappa shape index (κ1) is 24.9. The summed E-state index contributed by atoms with van der Waals surface area (Å²) >= 11 is 6.84. The summed E-state index contributed by atoms with van der Waals surface area (Å²) in [5.74, 6) is 0. The fourth-order valence-corrected chi connectivity index (χ4v) is 7.80. The van der Waals surface area contributed by atoms with Crippen LogP contribution in [-0.4, -0.2) is 0 Å². The van der Waals surface area contributed by atoms with E-state index in [1.54, 1.807) is 0 Å². The average molecular weight is 553 g/mol. The van der Waals surface area contributed by atoms with Gasteiger partial charge in [-0.3, -0.25) is 0 Å². The van der Waals surface area contributed by atoms with Gasteiger partial charge in [-0.2, -0.15) is 0 Å². The monoisotopic (exact) mass is 552 g/mol. The van der Waals surface area contributed by atoms with Crippen LogP contribution in [0, 0.1) is 0 Å². The Labute approximate surface area is 246 Å². The molecule has 41 heavy (non-hydrogen) atoms. The Balaban J connectivity index is 1.51. The molecule has 1 aromatic heterocycles. The molecule has 0 fully saturated rings. The molecule has 5 aromatic carbocycles. The summed E-state index contributed by atoms with van der Waals surface area (Å²) in [5.41, 5.74) is 14.7. The van der Waals surface area contributed by atoms with Crippen molar-refractivity contribution in [3.8, 4) is 22.3 Å². The van der Waals surface area contributed by atoms with Gasteiger partial charge in [0.1, 0.15) is 11.2 Å². The van der Waals surface area contributed by atoms with Crippen molar-refractivity contribution in [2.75, 3.05) is 0 Å². The molecule has 0 aliphatic heterocycles. The van der Waals surface area contributed by atoms with Gasteiger partial charge in [-0.25, -0.2) is 0 Å². The van der Waals surface area contributed by atoms with Crippen LogP contribution in [0.5, 0.6) is 0 Å². The van der Waals surface area contributed by atoms with E-state index >= 15 is 0 Å². The van der Waals surface area contributed by atoms with Crippen molar-refractivity contribution < 1.29 is 4.42 Å². The molecule has 202 valence electrons. The predicted octanol–water partition coefficient (Wildman–Crippen LogP) is 11.3. The highest BCUT2D eigenvalue weighted by molar-refractivity contribution is 6.31. The Morgan fingerprint density at radius 3 is 1.93 bits per heavy atom. The van der Waals surface area contributed by atoms with E-state index in [-0.39, 0.29) is 0 Å². The summed E-state index contributed by atoms with van der Waals surface area (Å²) in [6.07, 6.45) is 6.95. The number of benzene rings is 5. The van der Waals surface area contributed by atoms with Crippen LogP contribution in [0.1, 0.15) is 72.9 Å². The first-order valence-electron chi connectivity index (χ1n) is 15.2. The summed E-state index contributed by atoms with van der Waals surface area (Å²) < 4.78 is 6.68. The molecule has 1 heterocycles. The van der Waals surface area contributed by atoms with Gasteiger partial charge in [0.15, 0.2) is 0 Å². The van der Waals surface area contributed by atoms with Crippen LogP contribution >= 0.6 is 11.6 Å². The summed E-state index contributed by atoms with van der Waals surface area (Å²) in [6.45, 7) is 4.54. The molecular formula is C39H33ClO. The first-order valence-corrected chi connectivity index (χ1v) is 15.5. The zero-order valence-electron chi connectivity index (χ0n) is 23.7. The van der Waals surface area contributed by atoms with Crippen molar-refractivity contribution in [1.29, 1.82) is 0 Å². The molecule has 0 saturated carbocycles. The minimum absolute atomic E-state index is 0.433. The van der Waals surface area contributed by atoms with E-state index in [9.17, 15) is 0 Å². The van der Waals surface area contributed by atoms with Crippen molar-refractivity contribution in [1.82, 2.24) is 0 Å². The van der Waals surface area contributed by atoms with E-state index in [0.29, 0.717) is 0 Å². The molecule has 0 bridgehead atoms. The Kier molecular flexibility index (Phi) is 5.70. The molecule has 0 saturated heterocycles. The van der Waals surface area contributed by atoms with Crippen molar-refractivity contribution >= 4 is 33.5 Å². The van der Waals surface area contributed by atoms with Crippen LogP contribution in [0.25, 0.3) is 44.2 Å². The molecule has 0 N–H and O–H groups in total. The number of halogens is 1. The zero-order valence-corrected chi connectivity index (χ0v) is 24.4. The van der Waals surface area contributed by atoms with Gasteiger partial charge in [0.25, 0.3) is 0 Å². The highest BCUT2D eigenvalue weighted by Gasteiger charge is 2.52. The van der Waals surface area contributed by atoms with Gasteiger partial charge in [-0.05, 0) is 94.0 Å². The first-order chi connectivity index (χ1) is 20.1. The quantitative estimate of drug-likeness (QED) is 0.200. The molecule has 1 nitrogen and oxygen atoms in total. The Morgan fingerprint density at radius 1 is 0.610 bits per heavy atom. The van der Waals surface area contributed by atoms with Crippen molar-refractivity contribution in [3.63, 3.8) is 0 Å². The SMILES string of the molecule is CCCCc1ccc2c(c1)C1(c3cc(CCCC)ccc3-2)c2cc(Cl)ccc2-c2c1ccc1c2oc2ccccc21. The number of rotatable bonds is 6. The lowest BCUT2D eigenvalue weighted by atomic mass is 9.70. The molecule has 0 radical (unpaired) electrons. The summed E-state index contributed by atoms with van der Waals surface area (Å²) in [6, 6.07) is 34.0. The smallest absolute Gasteiger partial charge is 0.143 e. The van der Waals surface area contributed by atoms with E-state index in [2.05, 4.69) is 98.8 Å². The maximum Gasteiger partial charge on any atom is 0.143 e. The van der Waals surface area contributed by atoms with Crippen molar-refractivity contribution in [2.45, 2.75) is 57.8 Å². The average Bonchev–Trinajstić information content (AvgIpc) is 3.62. The number of para-hydroxylation sites is 1. The lowest BCUT2D eigenvalue weighted by Crippen LogP contribution is -2.26. The maximum absolute atomic E-state index is 6.84. The van der Waals surface area contributed by atoms with Crippen LogP contribution in [0.2, 0.25) is 5.02 Å². The van der Waals surface area contributed by atoms with Crippen LogP contribution in [-0.2, 0) is 18.3 Å². The van der Waals surface area contributed by atoms with Gasteiger partial charge in [-0.15, -0.1) is 0 Å². The van der Waals surface area contributed by atoms with E-state index in [0.717, 1.165) is 34.4 Å². The predicted molar refractivity (Wildman–Crippen MR) is 172 cm³/mol. The van der Waals surface area contributed by atoms with E-state index < -0.39 is 5.41 Å². The van der Waals surface area contributed by atoms with Gasteiger partial charge in [0.05, 0.1) is 5.41 Å². The third-order valence-corrected chi connectivity index (χ3v) is 9.75.